The van der Waals surface area contributed by atoms with Crippen LogP contribution in [0.5, 0.6) is 0 Å². The lowest BCUT2D eigenvalue weighted by molar-refractivity contribution is 0.171. The van der Waals surface area contributed by atoms with Gasteiger partial charge in [-0.3, -0.25) is 4.90 Å². The molecule has 0 bridgehead atoms. The molecule has 4 nitrogen and oxygen atoms in total. The Hall–Kier alpha value is 0.0300. The molecule has 1 atom stereocenters. The molecule has 0 spiro atoms. The van der Waals surface area contributed by atoms with Crippen molar-refractivity contribution in [2.24, 2.45) is 0 Å². The summed E-state index contributed by atoms with van der Waals surface area (Å²) in [4.78, 5) is 2.37. The summed E-state index contributed by atoms with van der Waals surface area (Å²) in [6, 6.07) is 0.606. The quantitative estimate of drug-likeness (QED) is 0.663. The number of hydrogen-bond donors (Lipinski definition) is 2. The van der Waals surface area contributed by atoms with E-state index in [0.717, 1.165) is 45.4 Å². The lowest BCUT2D eigenvalue weighted by Crippen LogP contribution is -2.44. The van der Waals surface area contributed by atoms with Crippen molar-refractivity contribution in [3.05, 3.63) is 0 Å². The lowest BCUT2D eigenvalue weighted by Gasteiger charge is -2.34. The summed E-state index contributed by atoms with van der Waals surface area (Å²) in [5.74, 6) is 0.379. The maximum absolute atomic E-state index is 10.7. The van der Waals surface area contributed by atoms with Crippen LogP contribution in [0, 0.1) is 0 Å². The summed E-state index contributed by atoms with van der Waals surface area (Å²) in [5.41, 5.74) is 0. The Morgan fingerprint density at radius 1 is 1.40 bits per heavy atom. The fourth-order valence-electron chi connectivity index (χ4n) is 2.13. The van der Waals surface area contributed by atoms with Crippen LogP contribution < -0.4 is 5.32 Å². The van der Waals surface area contributed by atoms with Crippen molar-refractivity contribution >= 4 is 11.1 Å². The molecule has 1 fully saturated rings. The standard InChI is InChI=1S/C10H22N2O2S/c1-2-7-12(8-9-15(13)14)10-3-5-11-6-4-10/h10-11H,2-9H2,1H3,(H,13,14). The Kier molecular flexibility index (Phi) is 6.40. The Labute approximate surface area is 94.7 Å². The second kappa shape index (κ2) is 7.33. The van der Waals surface area contributed by atoms with E-state index in [9.17, 15) is 4.21 Å². The van der Waals surface area contributed by atoms with Crippen LogP contribution in [0.1, 0.15) is 26.2 Å². The number of nitrogens with one attached hydrogen (secondary N) is 1. The van der Waals surface area contributed by atoms with E-state index in [1.165, 1.54) is 0 Å². The number of hydrogen-bond acceptors (Lipinski definition) is 3. The highest BCUT2D eigenvalue weighted by molar-refractivity contribution is 7.79. The van der Waals surface area contributed by atoms with Gasteiger partial charge in [-0.05, 0) is 38.9 Å². The molecular weight excluding hydrogens is 212 g/mol. The average molecular weight is 234 g/mol. The highest BCUT2D eigenvalue weighted by Gasteiger charge is 2.20. The molecule has 0 aromatic rings. The van der Waals surface area contributed by atoms with E-state index in [-0.39, 0.29) is 0 Å². The molecular formula is C10H22N2O2S. The van der Waals surface area contributed by atoms with Gasteiger partial charge in [0.2, 0.25) is 0 Å². The van der Waals surface area contributed by atoms with Gasteiger partial charge < -0.3 is 9.87 Å². The van der Waals surface area contributed by atoms with E-state index in [0.29, 0.717) is 11.8 Å². The first kappa shape index (κ1) is 13.1. The van der Waals surface area contributed by atoms with Crippen molar-refractivity contribution in [3.8, 4) is 0 Å². The molecule has 2 N–H and O–H groups in total. The monoisotopic (exact) mass is 234 g/mol. The Morgan fingerprint density at radius 2 is 2.07 bits per heavy atom. The van der Waals surface area contributed by atoms with Crippen LogP contribution in [-0.2, 0) is 11.1 Å². The Balaban J connectivity index is 2.36. The van der Waals surface area contributed by atoms with E-state index < -0.39 is 11.1 Å². The minimum Gasteiger partial charge on any atom is -0.317 e. The molecule has 1 heterocycles. The van der Waals surface area contributed by atoms with Gasteiger partial charge in [-0.2, -0.15) is 0 Å². The fraction of sp³-hybridized carbons (Fsp3) is 1.00. The van der Waals surface area contributed by atoms with Gasteiger partial charge in [0, 0.05) is 12.6 Å². The second-order valence-electron chi connectivity index (χ2n) is 4.04. The third-order valence-corrected chi connectivity index (χ3v) is 3.42. The van der Waals surface area contributed by atoms with Crippen molar-refractivity contribution in [2.75, 3.05) is 31.9 Å². The zero-order valence-corrected chi connectivity index (χ0v) is 10.3. The van der Waals surface area contributed by atoms with Gasteiger partial charge >= 0.3 is 0 Å². The minimum atomic E-state index is -1.65. The first-order chi connectivity index (χ1) is 7.24. The molecule has 0 aromatic heterocycles. The molecule has 0 saturated carbocycles. The highest BCUT2D eigenvalue weighted by atomic mass is 32.2. The normalized spacial score (nSPS) is 20.7. The van der Waals surface area contributed by atoms with Crippen LogP contribution in [0.2, 0.25) is 0 Å². The molecule has 0 radical (unpaired) electrons. The molecule has 0 amide bonds. The average Bonchev–Trinajstić information content (AvgIpc) is 2.25. The zero-order valence-electron chi connectivity index (χ0n) is 9.45. The van der Waals surface area contributed by atoms with E-state index in [1.54, 1.807) is 0 Å². The van der Waals surface area contributed by atoms with Crippen LogP contribution in [0.3, 0.4) is 0 Å². The maximum atomic E-state index is 10.7. The fourth-order valence-corrected chi connectivity index (χ4v) is 2.52. The van der Waals surface area contributed by atoms with Gasteiger partial charge in [0.1, 0.15) is 0 Å². The van der Waals surface area contributed by atoms with Crippen LogP contribution >= 0.6 is 0 Å². The van der Waals surface area contributed by atoms with Crippen LogP contribution in [0.4, 0.5) is 0 Å². The lowest BCUT2D eigenvalue weighted by atomic mass is 10.0. The van der Waals surface area contributed by atoms with Crippen LogP contribution in [-0.4, -0.2) is 51.6 Å². The topological polar surface area (TPSA) is 52.6 Å². The van der Waals surface area contributed by atoms with Gasteiger partial charge in [0.15, 0.2) is 11.1 Å². The molecule has 15 heavy (non-hydrogen) atoms. The predicted molar refractivity (Wildman–Crippen MR) is 63.4 cm³/mol. The molecule has 0 aromatic carbocycles. The zero-order chi connectivity index (χ0) is 11.1. The van der Waals surface area contributed by atoms with E-state index in [2.05, 4.69) is 17.1 Å². The van der Waals surface area contributed by atoms with Crippen molar-refractivity contribution in [2.45, 2.75) is 32.2 Å². The first-order valence-corrected chi connectivity index (χ1v) is 7.04. The minimum absolute atomic E-state index is 0.379. The van der Waals surface area contributed by atoms with Crippen molar-refractivity contribution in [1.29, 1.82) is 0 Å². The Bertz CT molecular complexity index is 196. The molecule has 1 saturated heterocycles. The van der Waals surface area contributed by atoms with Crippen molar-refractivity contribution in [3.63, 3.8) is 0 Å². The smallest absolute Gasteiger partial charge is 0.154 e. The van der Waals surface area contributed by atoms with E-state index in [1.807, 2.05) is 0 Å². The van der Waals surface area contributed by atoms with E-state index >= 15 is 0 Å². The molecule has 1 rings (SSSR count). The summed E-state index contributed by atoms with van der Waals surface area (Å²) < 4.78 is 19.5. The van der Waals surface area contributed by atoms with E-state index in [4.69, 9.17) is 4.55 Å². The van der Waals surface area contributed by atoms with Gasteiger partial charge in [-0.25, -0.2) is 4.21 Å². The summed E-state index contributed by atoms with van der Waals surface area (Å²) >= 11 is -1.65. The number of nitrogens with zero attached hydrogens (tertiary/aromatic N) is 1. The summed E-state index contributed by atoms with van der Waals surface area (Å²) in [5, 5.41) is 3.34. The van der Waals surface area contributed by atoms with Gasteiger partial charge in [-0.15, -0.1) is 0 Å². The number of rotatable bonds is 6. The Morgan fingerprint density at radius 3 is 2.60 bits per heavy atom. The van der Waals surface area contributed by atoms with Gasteiger partial charge in [0.05, 0.1) is 5.75 Å². The highest BCUT2D eigenvalue weighted by Crippen LogP contribution is 2.12. The molecule has 0 aliphatic carbocycles. The van der Waals surface area contributed by atoms with Gasteiger partial charge in [0.25, 0.3) is 0 Å². The second-order valence-corrected chi connectivity index (χ2v) is 5.09. The molecule has 90 valence electrons. The summed E-state index contributed by atoms with van der Waals surface area (Å²) in [6.45, 7) is 6.10. The predicted octanol–water partition coefficient (Wildman–Crippen LogP) is 0.672. The van der Waals surface area contributed by atoms with Crippen LogP contribution in [0.15, 0.2) is 0 Å². The van der Waals surface area contributed by atoms with Crippen molar-refractivity contribution in [1.82, 2.24) is 10.2 Å². The molecule has 1 aliphatic heterocycles. The molecule has 1 aliphatic rings. The van der Waals surface area contributed by atoms with Gasteiger partial charge in [-0.1, -0.05) is 6.92 Å². The molecule has 5 heteroatoms. The van der Waals surface area contributed by atoms with Crippen LogP contribution in [0.25, 0.3) is 0 Å². The summed E-state index contributed by atoms with van der Waals surface area (Å²) in [7, 11) is 0. The molecule has 1 unspecified atom stereocenters. The first-order valence-electron chi connectivity index (χ1n) is 5.76. The maximum Gasteiger partial charge on any atom is 0.154 e. The third kappa shape index (κ3) is 5.06. The SMILES string of the molecule is CCCN(CCS(=O)O)C1CCNCC1. The largest absolute Gasteiger partial charge is 0.317 e. The van der Waals surface area contributed by atoms with Crippen molar-refractivity contribution < 1.29 is 8.76 Å². The number of piperidine rings is 1. The third-order valence-electron chi connectivity index (χ3n) is 2.89. The summed E-state index contributed by atoms with van der Waals surface area (Å²) in [6.07, 6.45) is 3.44.